The van der Waals surface area contributed by atoms with Crippen molar-refractivity contribution in [2.45, 2.75) is 25.3 Å². The first-order chi connectivity index (χ1) is 10.3. The standard InChI is InChI=1S/C18H21NO2/c20-14-13-17(16-9-5-2-6-10-16)19-18(21)12-11-15-7-3-1-4-8-15/h1-10,17,20H,11-14H2,(H,19,21). The van der Waals surface area contributed by atoms with Crippen molar-refractivity contribution >= 4 is 5.91 Å². The number of hydrogen-bond donors (Lipinski definition) is 2. The van der Waals surface area contributed by atoms with Gasteiger partial charge < -0.3 is 10.4 Å². The Morgan fingerprint density at radius 1 is 1.00 bits per heavy atom. The minimum absolute atomic E-state index is 0.0150. The zero-order valence-electron chi connectivity index (χ0n) is 12.0. The maximum absolute atomic E-state index is 12.1. The zero-order chi connectivity index (χ0) is 14.9. The molecule has 0 aromatic heterocycles. The summed E-state index contributed by atoms with van der Waals surface area (Å²) in [6.07, 6.45) is 1.72. The molecular weight excluding hydrogens is 262 g/mol. The average molecular weight is 283 g/mol. The Kier molecular flexibility index (Phi) is 5.98. The molecule has 2 rings (SSSR count). The van der Waals surface area contributed by atoms with Crippen molar-refractivity contribution < 1.29 is 9.90 Å². The van der Waals surface area contributed by atoms with E-state index in [0.717, 1.165) is 17.5 Å². The van der Waals surface area contributed by atoms with Crippen LogP contribution < -0.4 is 5.32 Å². The monoisotopic (exact) mass is 283 g/mol. The maximum atomic E-state index is 12.1. The quantitative estimate of drug-likeness (QED) is 0.821. The fourth-order valence-electron chi connectivity index (χ4n) is 2.31. The van der Waals surface area contributed by atoms with E-state index in [0.29, 0.717) is 12.8 Å². The van der Waals surface area contributed by atoms with Gasteiger partial charge in [-0.15, -0.1) is 0 Å². The van der Waals surface area contributed by atoms with E-state index in [-0.39, 0.29) is 18.6 Å². The molecule has 0 spiro atoms. The fraction of sp³-hybridized carbons (Fsp3) is 0.278. The average Bonchev–Trinajstić information content (AvgIpc) is 2.54. The summed E-state index contributed by atoms with van der Waals surface area (Å²) in [6.45, 7) is 0.0541. The highest BCUT2D eigenvalue weighted by Crippen LogP contribution is 2.16. The van der Waals surface area contributed by atoms with E-state index in [1.165, 1.54) is 0 Å². The van der Waals surface area contributed by atoms with Gasteiger partial charge in [-0.25, -0.2) is 0 Å². The number of aliphatic hydroxyl groups is 1. The second kappa shape index (κ2) is 8.22. The smallest absolute Gasteiger partial charge is 0.220 e. The van der Waals surface area contributed by atoms with Crippen LogP contribution in [0.5, 0.6) is 0 Å². The van der Waals surface area contributed by atoms with Crippen LogP contribution in [0.2, 0.25) is 0 Å². The van der Waals surface area contributed by atoms with Crippen LogP contribution in [-0.2, 0) is 11.2 Å². The lowest BCUT2D eigenvalue weighted by molar-refractivity contribution is -0.121. The van der Waals surface area contributed by atoms with Gasteiger partial charge in [0.05, 0.1) is 6.04 Å². The van der Waals surface area contributed by atoms with E-state index in [4.69, 9.17) is 5.11 Å². The number of nitrogens with one attached hydrogen (secondary N) is 1. The second-order valence-electron chi connectivity index (χ2n) is 5.03. The Balaban J connectivity index is 1.89. The number of amides is 1. The molecule has 2 aromatic carbocycles. The van der Waals surface area contributed by atoms with Crippen LogP contribution in [0.1, 0.15) is 30.0 Å². The molecule has 110 valence electrons. The summed E-state index contributed by atoms with van der Waals surface area (Å²) >= 11 is 0. The summed E-state index contributed by atoms with van der Waals surface area (Å²) in [5.74, 6) is 0.0150. The molecule has 0 bridgehead atoms. The van der Waals surface area contributed by atoms with Crippen molar-refractivity contribution in [3.8, 4) is 0 Å². The minimum Gasteiger partial charge on any atom is -0.396 e. The first kappa shape index (κ1) is 15.3. The molecule has 0 aliphatic heterocycles. The van der Waals surface area contributed by atoms with Gasteiger partial charge in [0.25, 0.3) is 0 Å². The van der Waals surface area contributed by atoms with Crippen LogP contribution in [0, 0.1) is 0 Å². The third-order valence-corrected chi connectivity index (χ3v) is 3.44. The summed E-state index contributed by atoms with van der Waals surface area (Å²) in [7, 11) is 0. The fourth-order valence-corrected chi connectivity index (χ4v) is 2.31. The number of hydrogen-bond acceptors (Lipinski definition) is 2. The molecule has 0 heterocycles. The number of carbonyl (C=O) groups excluding carboxylic acids is 1. The lowest BCUT2D eigenvalue weighted by Gasteiger charge is -2.18. The first-order valence-corrected chi connectivity index (χ1v) is 7.28. The van der Waals surface area contributed by atoms with E-state index < -0.39 is 0 Å². The van der Waals surface area contributed by atoms with Gasteiger partial charge >= 0.3 is 0 Å². The molecule has 0 saturated heterocycles. The Morgan fingerprint density at radius 2 is 1.62 bits per heavy atom. The third kappa shape index (κ3) is 5.04. The Bertz CT molecular complexity index is 540. The molecule has 2 aromatic rings. The van der Waals surface area contributed by atoms with Crippen molar-refractivity contribution in [2.75, 3.05) is 6.61 Å². The van der Waals surface area contributed by atoms with E-state index in [9.17, 15) is 4.79 Å². The normalized spacial score (nSPS) is 11.9. The van der Waals surface area contributed by atoms with Gasteiger partial charge in [-0.2, -0.15) is 0 Å². The molecule has 0 radical (unpaired) electrons. The van der Waals surface area contributed by atoms with Crippen molar-refractivity contribution in [3.63, 3.8) is 0 Å². The zero-order valence-corrected chi connectivity index (χ0v) is 12.0. The van der Waals surface area contributed by atoms with Gasteiger partial charge in [0.15, 0.2) is 0 Å². The highest BCUT2D eigenvalue weighted by atomic mass is 16.3. The Morgan fingerprint density at radius 3 is 2.24 bits per heavy atom. The summed E-state index contributed by atoms with van der Waals surface area (Å²) in [6, 6.07) is 19.6. The molecule has 0 fully saturated rings. The highest BCUT2D eigenvalue weighted by molar-refractivity contribution is 5.76. The molecule has 1 unspecified atom stereocenters. The number of aryl methyl sites for hydroxylation is 1. The molecular formula is C18H21NO2. The summed E-state index contributed by atoms with van der Waals surface area (Å²) in [5, 5.41) is 12.2. The predicted octanol–water partition coefficient (Wildman–Crippen LogP) is 2.86. The van der Waals surface area contributed by atoms with E-state index in [1.54, 1.807) is 0 Å². The number of rotatable bonds is 7. The maximum Gasteiger partial charge on any atom is 0.220 e. The lowest BCUT2D eigenvalue weighted by atomic mass is 10.0. The van der Waals surface area contributed by atoms with Crippen LogP contribution in [0.4, 0.5) is 0 Å². The summed E-state index contributed by atoms with van der Waals surface area (Å²) in [4.78, 5) is 12.1. The first-order valence-electron chi connectivity index (χ1n) is 7.28. The van der Waals surface area contributed by atoms with Crippen LogP contribution in [0.3, 0.4) is 0 Å². The molecule has 0 aliphatic rings. The lowest BCUT2D eigenvalue weighted by Crippen LogP contribution is -2.29. The van der Waals surface area contributed by atoms with Crippen LogP contribution >= 0.6 is 0 Å². The molecule has 1 atom stereocenters. The molecule has 0 aliphatic carbocycles. The van der Waals surface area contributed by atoms with Gasteiger partial charge in [0.1, 0.15) is 0 Å². The van der Waals surface area contributed by atoms with Crippen molar-refractivity contribution in [3.05, 3.63) is 71.8 Å². The molecule has 21 heavy (non-hydrogen) atoms. The van der Waals surface area contributed by atoms with Crippen molar-refractivity contribution in [1.29, 1.82) is 0 Å². The molecule has 2 N–H and O–H groups in total. The SMILES string of the molecule is O=C(CCc1ccccc1)NC(CCO)c1ccccc1. The van der Waals surface area contributed by atoms with Crippen LogP contribution in [0.15, 0.2) is 60.7 Å². The molecule has 3 nitrogen and oxygen atoms in total. The highest BCUT2D eigenvalue weighted by Gasteiger charge is 2.13. The molecule has 0 saturated carbocycles. The second-order valence-corrected chi connectivity index (χ2v) is 5.03. The summed E-state index contributed by atoms with van der Waals surface area (Å²) < 4.78 is 0. The van der Waals surface area contributed by atoms with E-state index in [2.05, 4.69) is 5.32 Å². The van der Waals surface area contributed by atoms with Gasteiger partial charge in [0, 0.05) is 13.0 Å². The van der Waals surface area contributed by atoms with Gasteiger partial charge in [-0.3, -0.25) is 4.79 Å². The van der Waals surface area contributed by atoms with Gasteiger partial charge in [-0.1, -0.05) is 60.7 Å². The van der Waals surface area contributed by atoms with Crippen molar-refractivity contribution in [1.82, 2.24) is 5.32 Å². The van der Waals surface area contributed by atoms with Gasteiger partial charge in [0.2, 0.25) is 5.91 Å². The minimum atomic E-state index is -0.125. The predicted molar refractivity (Wildman–Crippen MR) is 83.8 cm³/mol. The number of benzene rings is 2. The Hall–Kier alpha value is -2.13. The Labute approximate surface area is 125 Å². The third-order valence-electron chi connectivity index (χ3n) is 3.44. The van der Waals surface area contributed by atoms with E-state index >= 15 is 0 Å². The largest absolute Gasteiger partial charge is 0.396 e. The topological polar surface area (TPSA) is 49.3 Å². The summed E-state index contributed by atoms with van der Waals surface area (Å²) in [5.41, 5.74) is 2.19. The van der Waals surface area contributed by atoms with Crippen molar-refractivity contribution in [2.24, 2.45) is 0 Å². The molecule has 3 heteroatoms. The van der Waals surface area contributed by atoms with Gasteiger partial charge in [-0.05, 0) is 24.0 Å². The van der Waals surface area contributed by atoms with E-state index in [1.807, 2.05) is 60.7 Å². The molecule has 1 amide bonds. The van der Waals surface area contributed by atoms with Crippen LogP contribution in [0.25, 0.3) is 0 Å². The number of carbonyl (C=O) groups is 1. The van der Waals surface area contributed by atoms with Crippen LogP contribution in [-0.4, -0.2) is 17.6 Å². The number of aliphatic hydroxyl groups excluding tert-OH is 1.